The third-order valence-corrected chi connectivity index (χ3v) is 2.87. The van der Waals surface area contributed by atoms with Crippen LogP contribution >= 0.6 is 0 Å². The van der Waals surface area contributed by atoms with Crippen LogP contribution in [0.5, 0.6) is 0 Å². The summed E-state index contributed by atoms with van der Waals surface area (Å²) in [5.74, 6) is 0. The van der Waals surface area contributed by atoms with Gasteiger partial charge in [-0.3, -0.25) is 0 Å². The first kappa shape index (κ1) is 17.2. The van der Waals surface area contributed by atoms with Crippen LogP contribution in [0, 0.1) is 0 Å². The Labute approximate surface area is 113 Å². The van der Waals surface area contributed by atoms with Gasteiger partial charge < -0.3 is 5.11 Å². The molecule has 0 unspecified atom stereocenters. The van der Waals surface area contributed by atoms with Gasteiger partial charge in [0.25, 0.3) is 0 Å². The number of allylic oxidation sites excluding steroid dienone is 5. The Hall–Kier alpha value is -0.820. The summed E-state index contributed by atoms with van der Waals surface area (Å²) in [4.78, 5) is 0. The fourth-order valence-electron chi connectivity index (χ4n) is 1.78. The fourth-order valence-corrected chi connectivity index (χ4v) is 1.78. The van der Waals surface area contributed by atoms with E-state index in [2.05, 4.69) is 31.2 Å². The zero-order chi connectivity index (χ0) is 13.3. The van der Waals surface area contributed by atoms with Gasteiger partial charge in [-0.25, -0.2) is 0 Å². The highest BCUT2D eigenvalue weighted by Gasteiger charge is 1.87. The molecule has 0 amide bonds. The minimum atomic E-state index is 0.145. The van der Waals surface area contributed by atoms with Crippen LogP contribution in [-0.2, 0) is 0 Å². The Morgan fingerprint density at radius 2 is 1.22 bits per heavy atom. The molecule has 0 rings (SSSR count). The normalized spacial score (nSPS) is 12.3. The third kappa shape index (κ3) is 15.2. The molecule has 0 aromatic rings. The van der Waals surface area contributed by atoms with Gasteiger partial charge in [-0.2, -0.15) is 0 Å². The van der Waals surface area contributed by atoms with Crippen LogP contribution in [0.15, 0.2) is 36.5 Å². The van der Waals surface area contributed by atoms with E-state index in [0.29, 0.717) is 0 Å². The second-order valence-corrected chi connectivity index (χ2v) is 4.62. The smallest absolute Gasteiger partial charge is 0.0612 e. The molecule has 1 heteroatoms. The first-order valence-electron chi connectivity index (χ1n) is 7.47. The first-order chi connectivity index (χ1) is 8.91. The summed E-state index contributed by atoms with van der Waals surface area (Å²) in [6.07, 6.45) is 24.1. The first-order valence-corrected chi connectivity index (χ1v) is 7.47. The van der Waals surface area contributed by atoms with Crippen molar-refractivity contribution in [3.63, 3.8) is 0 Å². The zero-order valence-corrected chi connectivity index (χ0v) is 12.0. The highest BCUT2D eigenvalue weighted by atomic mass is 16.2. The Bertz CT molecular complexity index is 226. The molecule has 0 saturated heterocycles. The van der Waals surface area contributed by atoms with Crippen molar-refractivity contribution in [1.82, 2.24) is 0 Å². The predicted molar refractivity (Wildman–Crippen MR) is 81.7 cm³/mol. The number of rotatable bonds is 12. The van der Waals surface area contributed by atoms with Gasteiger partial charge in [0.05, 0.1) is 6.61 Å². The van der Waals surface area contributed by atoms with Gasteiger partial charge in [0, 0.05) is 0 Å². The zero-order valence-electron chi connectivity index (χ0n) is 12.0. The van der Waals surface area contributed by atoms with E-state index >= 15 is 0 Å². The number of aliphatic hydroxyl groups is 1. The minimum Gasteiger partial charge on any atom is -0.392 e. The molecule has 1 N–H and O–H groups in total. The minimum absolute atomic E-state index is 0.145. The van der Waals surface area contributed by atoms with E-state index in [1.54, 1.807) is 6.08 Å². The summed E-state index contributed by atoms with van der Waals surface area (Å²) in [6, 6.07) is 0. The summed E-state index contributed by atoms with van der Waals surface area (Å²) in [7, 11) is 0. The molecule has 1 nitrogen and oxygen atoms in total. The lowest BCUT2D eigenvalue weighted by Crippen LogP contribution is -1.77. The Balaban J connectivity index is 3.20. The molecule has 0 aromatic heterocycles. The monoisotopic (exact) mass is 250 g/mol. The molecule has 0 saturated carbocycles. The molecule has 18 heavy (non-hydrogen) atoms. The number of aliphatic hydroxyl groups excluding tert-OH is 1. The molecule has 0 atom stereocenters. The van der Waals surface area contributed by atoms with E-state index in [-0.39, 0.29) is 6.61 Å². The Morgan fingerprint density at radius 1 is 0.667 bits per heavy atom. The van der Waals surface area contributed by atoms with Gasteiger partial charge in [0.1, 0.15) is 0 Å². The summed E-state index contributed by atoms with van der Waals surface area (Å²) in [5.41, 5.74) is 0. The lowest BCUT2D eigenvalue weighted by atomic mass is 10.1. The van der Waals surface area contributed by atoms with Crippen LogP contribution in [0.3, 0.4) is 0 Å². The van der Waals surface area contributed by atoms with E-state index in [1.807, 2.05) is 6.08 Å². The van der Waals surface area contributed by atoms with Crippen molar-refractivity contribution in [2.24, 2.45) is 0 Å². The summed E-state index contributed by atoms with van der Waals surface area (Å²) in [5, 5.41) is 8.54. The molecule has 0 aliphatic carbocycles. The summed E-state index contributed by atoms with van der Waals surface area (Å²) >= 11 is 0. The van der Waals surface area contributed by atoms with E-state index < -0.39 is 0 Å². The lowest BCUT2D eigenvalue weighted by Gasteiger charge is -1.97. The molecule has 0 heterocycles. The van der Waals surface area contributed by atoms with Gasteiger partial charge >= 0.3 is 0 Å². The number of hydrogen-bond acceptors (Lipinski definition) is 1. The van der Waals surface area contributed by atoms with Crippen molar-refractivity contribution in [3.8, 4) is 0 Å². The van der Waals surface area contributed by atoms with Gasteiger partial charge in [-0.05, 0) is 25.7 Å². The molecular weight excluding hydrogens is 220 g/mol. The molecule has 0 aliphatic rings. The SMILES string of the molecule is CCCCCCCC/C=C\C/C=C\C/C=C\CO. The molecule has 0 fully saturated rings. The van der Waals surface area contributed by atoms with Gasteiger partial charge in [-0.15, -0.1) is 0 Å². The van der Waals surface area contributed by atoms with Crippen LogP contribution < -0.4 is 0 Å². The molecule has 0 aliphatic heterocycles. The van der Waals surface area contributed by atoms with Crippen molar-refractivity contribution in [3.05, 3.63) is 36.5 Å². The van der Waals surface area contributed by atoms with E-state index in [4.69, 9.17) is 5.11 Å². The number of unbranched alkanes of at least 4 members (excludes halogenated alkanes) is 6. The maximum atomic E-state index is 8.54. The maximum Gasteiger partial charge on any atom is 0.0612 e. The van der Waals surface area contributed by atoms with Gasteiger partial charge in [0.15, 0.2) is 0 Å². The number of hydrogen-bond donors (Lipinski definition) is 1. The van der Waals surface area contributed by atoms with Crippen LogP contribution in [-0.4, -0.2) is 11.7 Å². The standard InChI is InChI=1S/C17H30O/c1-2-3-4-5-6-7-8-9-10-11-12-13-14-15-16-17-18/h9-10,12-13,15-16,18H,2-8,11,14,17H2,1H3/b10-9-,13-12-,16-15-. The highest BCUT2D eigenvalue weighted by Crippen LogP contribution is 2.07. The van der Waals surface area contributed by atoms with Crippen molar-refractivity contribution in [2.45, 2.75) is 64.7 Å². The predicted octanol–water partition coefficient (Wildman–Crippen LogP) is 5.18. The van der Waals surface area contributed by atoms with E-state index in [9.17, 15) is 0 Å². The third-order valence-electron chi connectivity index (χ3n) is 2.87. The molecule has 0 aromatic carbocycles. The van der Waals surface area contributed by atoms with Crippen molar-refractivity contribution in [1.29, 1.82) is 0 Å². The molecule has 0 spiro atoms. The van der Waals surface area contributed by atoms with Gasteiger partial charge in [-0.1, -0.05) is 75.5 Å². The van der Waals surface area contributed by atoms with Crippen LogP contribution in [0.2, 0.25) is 0 Å². The Kier molecular flexibility index (Phi) is 15.4. The molecule has 0 bridgehead atoms. The molecule has 104 valence electrons. The fraction of sp³-hybridized carbons (Fsp3) is 0.647. The molecular formula is C17H30O. The van der Waals surface area contributed by atoms with E-state index in [0.717, 1.165) is 12.8 Å². The van der Waals surface area contributed by atoms with Crippen LogP contribution in [0.1, 0.15) is 64.7 Å². The second kappa shape index (κ2) is 16.2. The topological polar surface area (TPSA) is 20.2 Å². The van der Waals surface area contributed by atoms with Gasteiger partial charge in [0.2, 0.25) is 0 Å². The van der Waals surface area contributed by atoms with E-state index in [1.165, 1.54) is 44.9 Å². The van der Waals surface area contributed by atoms with Crippen molar-refractivity contribution in [2.75, 3.05) is 6.61 Å². The lowest BCUT2D eigenvalue weighted by molar-refractivity contribution is 0.342. The van der Waals surface area contributed by atoms with Crippen LogP contribution in [0.25, 0.3) is 0 Å². The highest BCUT2D eigenvalue weighted by molar-refractivity contribution is 4.97. The molecule has 0 radical (unpaired) electrons. The largest absolute Gasteiger partial charge is 0.392 e. The summed E-state index contributed by atoms with van der Waals surface area (Å²) in [6.45, 7) is 2.40. The van der Waals surface area contributed by atoms with Crippen LogP contribution in [0.4, 0.5) is 0 Å². The maximum absolute atomic E-state index is 8.54. The van der Waals surface area contributed by atoms with Crippen molar-refractivity contribution < 1.29 is 5.11 Å². The second-order valence-electron chi connectivity index (χ2n) is 4.62. The quantitative estimate of drug-likeness (QED) is 0.374. The summed E-state index contributed by atoms with van der Waals surface area (Å²) < 4.78 is 0. The Morgan fingerprint density at radius 3 is 1.89 bits per heavy atom. The average Bonchev–Trinajstić information content (AvgIpc) is 2.39. The van der Waals surface area contributed by atoms with Crippen molar-refractivity contribution >= 4 is 0 Å². The average molecular weight is 250 g/mol.